The SMILES string of the molecule is Cc1ccc(-c2ccccc2S)c(Cl)c1. The third kappa shape index (κ3) is 2.19. The van der Waals surface area contributed by atoms with Gasteiger partial charge >= 0.3 is 0 Å². The third-order valence-corrected chi connectivity index (χ3v) is 3.02. The second-order valence-corrected chi connectivity index (χ2v) is 4.39. The molecule has 2 aromatic carbocycles. The molecule has 0 fully saturated rings. The van der Waals surface area contributed by atoms with Gasteiger partial charge in [-0.2, -0.15) is 0 Å². The fourth-order valence-electron chi connectivity index (χ4n) is 1.54. The van der Waals surface area contributed by atoms with Crippen LogP contribution in [0.5, 0.6) is 0 Å². The van der Waals surface area contributed by atoms with Crippen molar-refractivity contribution in [1.29, 1.82) is 0 Å². The topological polar surface area (TPSA) is 0 Å². The fraction of sp³-hybridized carbons (Fsp3) is 0.0769. The molecule has 0 heterocycles. The Hall–Kier alpha value is -0.920. The summed E-state index contributed by atoms with van der Waals surface area (Å²) in [5, 5.41) is 0.775. The zero-order chi connectivity index (χ0) is 10.8. The lowest BCUT2D eigenvalue weighted by atomic mass is 10.0. The van der Waals surface area contributed by atoms with Crippen LogP contribution in [0.25, 0.3) is 11.1 Å². The summed E-state index contributed by atoms with van der Waals surface area (Å²) < 4.78 is 0. The fourth-order valence-corrected chi connectivity index (χ4v) is 2.16. The van der Waals surface area contributed by atoms with Gasteiger partial charge in [0.2, 0.25) is 0 Å². The van der Waals surface area contributed by atoms with Crippen LogP contribution in [0.15, 0.2) is 47.4 Å². The van der Waals surface area contributed by atoms with Crippen LogP contribution in [-0.2, 0) is 0 Å². The van der Waals surface area contributed by atoms with Crippen molar-refractivity contribution < 1.29 is 0 Å². The Morgan fingerprint density at radius 2 is 1.73 bits per heavy atom. The number of benzene rings is 2. The Morgan fingerprint density at radius 1 is 1.00 bits per heavy atom. The van der Waals surface area contributed by atoms with Crippen molar-refractivity contribution in [3.63, 3.8) is 0 Å². The van der Waals surface area contributed by atoms with Crippen molar-refractivity contribution in [2.24, 2.45) is 0 Å². The predicted molar refractivity (Wildman–Crippen MR) is 68.9 cm³/mol. The normalized spacial score (nSPS) is 10.3. The van der Waals surface area contributed by atoms with Crippen LogP contribution < -0.4 is 0 Å². The van der Waals surface area contributed by atoms with Gasteiger partial charge in [0.05, 0.1) is 0 Å². The highest BCUT2D eigenvalue weighted by atomic mass is 35.5. The molecule has 76 valence electrons. The number of halogens is 1. The largest absolute Gasteiger partial charge is 0.143 e. The number of rotatable bonds is 1. The van der Waals surface area contributed by atoms with E-state index in [0.717, 1.165) is 21.0 Å². The highest BCUT2D eigenvalue weighted by Gasteiger charge is 2.05. The number of aryl methyl sites for hydroxylation is 1. The lowest BCUT2D eigenvalue weighted by Gasteiger charge is -2.07. The molecule has 2 aromatic rings. The molecule has 0 aliphatic carbocycles. The first kappa shape index (κ1) is 10.6. The number of thiol groups is 1. The molecule has 0 radical (unpaired) electrons. The monoisotopic (exact) mass is 234 g/mol. The minimum atomic E-state index is 0.775. The van der Waals surface area contributed by atoms with E-state index in [1.807, 2.05) is 43.3 Å². The molecule has 0 atom stereocenters. The standard InChI is InChI=1S/C13H11ClS/c1-9-6-7-10(12(14)8-9)11-4-2-3-5-13(11)15/h2-8,15H,1H3. The smallest absolute Gasteiger partial charge is 0.0487 e. The average molecular weight is 235 g/mol. The molecule has 0 aliphatic heterocycles. The lowest BCUT2D eigenvalue weighted by Crippen LogP contribution is -1.82. The van der Waals surface area contributed by atoms with Crippen LogP contribution in [0.2, 0.25) is 5.02 Å². The Morgan fingerprint density at radius 3 is 2.40 bits per heavy atom. The van der Waals surface area contributed by atoms with Gasteiger partial charge in [0.1, 0.15) is 0 Å². The van der Waals surface area contributed by atoms with E-state index in [2.05, 4.69) is 18.7 Å². The van der Waals surface area contributed by atoms with Gasteiger partial charge in [-0.05, 0) is 30.2 Å². The summed E-state index contributed by atoms with van der Waals surface area (Å²) in [6.45, 7) is 2.03. The van der Waals surface area contributed by atoms with Crippen molar-refractivity contribution in [3.05, 3.63) is 53.1 Å². The molecule has 0 saturated heterocycles. The van der Waals surface area contributed by atoms with Gasteiger partial charge in [0.15, 0.2) is 0 Å². The maximum Gasteiger partial charge on any atom is 0.0487 e. The molecular formula is C13H11ClS. The second-order valence-electron chi connectivity index (χ2n) is 3.50. The first-order chi connectivity index (χ1) is 7.18. The van der Waals surface area contributed by atoms with Crippen molar-refractivity contribution in [2.75, 3.05) is 0 Å². The molecule has 2 rings (SSSR count). The molecule has 0 spiro atoms. The zero-order valence-electron chi connectivity index (χ0n) is 8.37. The highest BCUT2D eigenvalue weighted by Crippen LogP contribution is 2.32. The number of hydrogen-bond donors (Lipinski definition) is 1. The summed E-state index contributed by atoms with van der Waals surface area (Å²) in [4.78, 5) is 0.947. The van der Waals surface area contributed by atoms with E-state index in [1.165, 1.54) is 5.56 Å². The third-order valence-electron chi connectivity index (χ3n) is 2.32. The highest BCUT2D eigenvalue weighted by molar-refractivity contribution is 7.80. The Kier molecular flexibility index (Phi) is 3.03. The molecule has 0 nitrogen and oxygen atoms in total. The Balaban J connectivity index is 2.60. The van der Waals surface area contributed by atoms with E-state index in [-0.39, 0.29) is 0 Å². The van der Waals surface area contributed by atoms with Crippen molar-refractivity contribution in [1.82, 2.24) is 0 Å². The average Bonchev–Trinajstić information content (AvgIpc) is 2.20. The van der Waals surface area contributed by atoms with Gasteiger partial charge in [-0.3, -0.25) is 0 Å². The van der Waals surface area contributed by atoms with Crippen LogP contribution >= 0.6 is 24.2 Å². The van der Waals surface area contributed by atoms with Gasteiger partial charge in [-0.25, -0.2) is 0 Å². The van der Waals surface area contributed by atoms with Gasteiger partial charge in [0.25, 0.3) is 0 Å². The quantitative estimate of drug-likeness (QED) is 0.685. The first-order valence-electron chi connectivity index (χ1n) is 4.73. The van der Waals surface area contributed by atoms with E-state index in [0.29, 0.717) is 0 Å². The molecule has 0 saturated carbocycles. The molecule has 0 aliphatic rings. The maximum atomic E-state index is 6.20. The Labute approximate surface area is 100 Å². The van der Waals surface area contributed by atoms with Crippen LogP contribution in [-0.4, -0.2) is 0 Å². The van der Waals surface area contributed by atoms with Crippen molar-refractivity contribution >= 4 is 24.2 Å². The minimum absolute atomic E-state index is 0.775. The van der Waals surface area contributed by atoms with Gasteiger partial charge in [0, 0.05) is 15.5 Å². The molecule has 0 unspecified atom stereocenters. The van der Waals surface area contributed by atoms with Crippen LogP contribution in [0, 0.1) is 6.92 Å². The molecule has 0 bridgehead atoms. The summed E-state index contributed by atoms with van der Waals surface area (Å²) in [5.74, 6) is 0. The Bertz CT molecular complexity index is 492. The summed E-state index contributed by atoms with van der Waals surface area (Å²) in [5.41, 5.74) is 3.28. The predicted octanol–water partition coefficient (Wildman–Crippen LogP) is 4.60. The van der Waals surface area contributed by atoms with Gasteiger partial charge in [-0.1, -0.05) is 41.9 Å². The maximum absolute atomic E-state index is 6.20. The second kappa shape index (κ2) is 4.30. The lowest BCUT2D eigenvalue weighted by molar-refractivity contribution is 1.42. The summed E-state index contributed by atoms with van der Waals surface area (Å²) >= 11 is 10.6. The van der Waals surface area contributed by atoms with Crippen molar-refractivity contribution in [3.8, 4) is 11.1 Å². The van der Waals surface area contributed by atoms with E-state index in [9.17, 15) is 0 Å². The molecule has 0 aromatic heterocycles. The van der Waals surface area contributed by atoms with Crippen LogP contribution in [0.4, 0.5) is 0 Å². The van der Waals surface area contributed by atoms with E-state index >= 15 is 0 Å². The van der Waals surface area contributed by atoms with Gasteiger partial charge < -0.3 is 0 Å². The summed E-state index contributed by atoms with van der Waals surface area (Å²) in [6, 6.07) is 14.0. The van der Waals surface area contributed by atoms with E-state index in [1.54, 1.807) is 0 Å². The van der Waals surface area contributed by atoms with Crippen LogP contribution in [0.3, 0.4) is 0 Å². The first-order valence-corrected chi connectivity index (χ1v) is 5.55. The summed E-state index contributed by atoms with van der Waals surface area (Å²) in [7, 11) is 0. The number of hydrogen-bond acceptors (Lipinski definition) is 1. The molecule has 0 amide bonds. The van der Waals surface area contributed by atoms with E-state index < -0.39 is 0 Å². The minimum Gasteiger partial charge on any atom is -0.143 e. The van der Waals surface area contributed by atoms with Crippen LogP contribution in [0.1, 0.15) is 5.56 Å². The molecular weight excluding hydrogens is 224 g/mol. The molecule has 15 heavy (non-hydrogen) atoms. The molecule has 0 N–H and O–H groups in total. The van der Waals surface area contributed by atoms with Crippen molar-refractivity contribution in [2.45, 2.75) is 11.8 Å². The summed E-state index contributed by atoms with van der Waals surface area (Å²) in [6.07, 6.45) is 0. The van der Waals surface area contributed by atoms with E-state index in [4.69, 9.17) is 11.6 Å². The van der Waals surface area contributed by atoms with Gasteiger partial charge in [-0.15, -0.1) is 12.6 Å². The molecule has 2 heteroatoms. The zero-order valence-corrected chi connectivity index (χ0v) is 10.0.